The van der Waals surface area contributed by atoms with Gasteiger partial charge in [0.15, 0.2) is 0 Å². The highest BCUT2D eigenvalue weighted by molar-refractivity contribution is 5.78. The lowest BCUT2D eigenvalue weighted by Crippen LogP contribution is -2.49. The quantitative estimate of drug-likeness (QED) is 0.683. The van der Waals surface area contributed by atoms with Crippen LogP contribution in [0.4, 0.5) is 0 Å². The molecule has 2 aliphatic rings. The van der Waals surface area contributed by atoms with Gasteiger partial charge in [-0.05, 0) is 0 Å². The summed E-state index contributed by atoms with van der Waals surface area (Å²) in [6, 6.07) is 0. The summed E-state index contributed by atoms with van der Waals surface area (Å²) in [5.41, 5.74) is 0. The number of piperazine rings is 1. The number of ether oxygens (including phenoxy) is 2. The zero-order valence-corrected chi connectivity index (χ0v) is 11.2. The number of carbonyl (C=O) groups is 1. The fraction of sp³-hybridized carbons (Fsp3) is 0.917. The average Bonchev–Trinajstić information content (AvgIpc) is 2.81. The van der Waals surface area contributed by atoms with Crippen molar-refractivity contribution in [1.82, 2.24) is 15.1 Å². The molecule has 0 bridgehead atoms. The van der Waals surface area contributed by atoms with Crippen molar-refractivity contribution in [3.63, 3.8) is 0 Å². The van der Waals surface area contributed by atoms with Crippen LogP contribution in [0.5, 0.6) is 0 Å². The minimum Gasteiger partial charge on any atom is -0.377 e. The molecular weight excluding hydrogens is 234 g/mol. The Hall–Kier alpha value is -0.690. The van der Waals surface area contributed by atoms with E-state index in [1.54, 1.807) is 14.2 Å². The summed E-state index contributed by atoms with van der Waals surface area (Å²) < 4.78 is 10.7. The van der Waals surface area contributed by atoms with Crippen LogP contribution >= 0.6 is 0 Å². The van der Waals surface area contributed by atoms with Crippen LogP contribution in [0.15, 0.2) is 0 Å². The van der Waals surface area contributed by atoms with Crippen LogP contribution in [0, 0.1) is 0 Å². The molecule has 2 atom stereocenters. The maximum atomic E-state index is 12.1. The normalized spacial score (nSPS) is 29.8. The molecular formula is C12H23N3O3. The second-order valence-electron chi connectivity index (χ2n) is 4.87. The van der Waals surface area contributed by atoms with Crippen molar-refractivity contribution in [2.75, 3.05) is 60.0 Å². The average molecular weight is 257 g/mol. The summed E-state index contributed by atoms with van der Waals surface area (Å²) >= 11 is 0. The summed E-state index contributed by atoms with van der Waals surface area (Å²) in [6.07, 6.45) is 0.150. The fourth-order valence-electron chi connectivity index (χ4n) is 2.61. The molecule has 6 heteroatoms. The standard InChI is InChI=1S/C12H23N3O3/c1-17-10-7-14(8-11(10)18-2)9-12(16)15-5-3-13-4-6-15/h10-11,13H,3-9H2,1-2H3. The highest BCUT2D eigenvalue weighted by Crippen LogP contribution is 2.15. The van der Waals surface area contributed by atoms with Gasteiger partial charge >= 0.3 is 0 Å². The molecule has 2 saturated heterocycles. The highest BCUT2D eigenvalue weighted by Gasteiger charge is 2.34. The summed E-state index contributed by atoms with van der Waals surface area (Å²) in [6.45, 7) is 5.43. The largest absolute Gasteiger partial charge is 0.377 e. The van der Waals surface area contributed by atoms with E-state index in [9.17, 15) is 4.79 Å². The minimum absolute atomic E-state index is 0.0748. The topological polar surface area (TPSA) is 54.0 Å². The lowest BCUT2D eigenvalue weighted by Gasteiger charge is -2.29. The lowest BCUT2D eigenvalue weighted by atomic mass is 10.3. The number of nitrogens with zero attached hydrogens (tertiary/aromatic N) is 2. The fourth-order valence-corrected chi connectivity index (χ4v) is 2.61. The van der Waals surface area contributed by atoms with E-state index in [1.165, 1.54) is 0 Å². The molecule has 18 heavy (non-hydrogen) atoms. The monoisotopic (exact) mass is 257 g/mol. The van der Waals surface area contributed by atoms with E-state index in [1.807, 2.05) is 4.90 Å². The first-order valence-electron chi connectivity index (χ1n) is 6.51. The molecule has 0 aromatic rings. The van der Waals surface area contributed by atoms with Crippen molar-refractivity contribution in [2.24, 2.45) is 0 Å². The van der Waals surface area contributed by atoms with Gasteiger partial charge in [0.2, 0.25) is 5.91 Å². The van der Waals surface area contributed by atoms with Crippen molar-refractivity contribution in [3.05, 3.63) is 0 Å². The Balaban J connectivity index is 1.81. The molecule has 104 valence electrons. The van der Waals surface area contributed by atoms with Crippen LogP contribution in [0.25, 0.3) is 0 Å². The molecule has 0 radical (unpaired) electrons. The minimum atomic E-state index is 0.0748. The number of nitrogens with one attached hydrogen (secondary N) is 1. The molecule has 2 aliphatic heterocycles. The third-order valence-corrected chi connectivity index (χ3v) is 3.73. The van der Waals surface area contributed by atoms with Crippen molar-refractivity contribution in [2.45, 2.75) is 12.2 Å². The van der Waals surface area contributed by atoms with E-state index in [-0.39, 0.29) is 18.1 Å². The molecule has 1 N–H and O–H groups in total. The number of rotatable bonds is 4. The van der Waals surface area contributed by atoms with E-state index in [0.717, 1.165) is 39.3 Å². The Morgan fingerprint density at radius 1 is 1.17 bits per heavy atom. The summed E-state index contributed by atoms with van der Waals surface area (Å²) in [5.74, 6) is 0.211. The molecule has 2 fully saturated rings. The van der Waals surface area contributed by atoms with Gasteiger partial charge in [-0.3, -0.25) is 9.69 Å². The van der Waals surface area contributed by atoms with E-state index >= 15 is 0 Å². The Kier molecular flexibility index (Phi) is 4.94. The molecule has 0 saturated carbocycles. The number of carbonyl (C=O) groups excluding carboxylic acids is 1. The van der Waals surface area contributed by atoms with Crippen LogP contribution in [-0.2, 0) is 14.3 Å². The van der Waals surface area contributed by atoms with Gasteiger partial charge in [0, 0.05) is 53.5 Å². The number of amides is 1. The molecule has 0 aromatic carbocycles. The first-order chi connectivity index (χ1) is 8.74. The predicted molar refractivity (Wildman–Crippen MR) is 67.5 cm³/mol. The van der Waals surface area contributed by atoms with Gasteiger partial charge in [0.1, 0.15) is 0 Å². The third-order valence-electron chi connectivity index (χ3n) is 3.73. The van der Waals surface area contributed by atoms with Crippen molar-refractivity contribution < 1.29 is 14.3 Å². The van der Waals surface area contributed by atoms with E-state index < -0.39 is 0 Å². The van der Waals surface area contributed by atoms with Gasteiger partial charge in [-0.25, -0.2) is 0 Å². The molecule has 0 aromatic heterocycles. The van der Waals surface area contributed by atoms with E-state index in [4.69, 9.17) is 9.47 Å². The Labute approximate surface area is 108 Å². The second-order valence-corrected chi connectivity index (χ2v) is 4.87. The summed E-state index contributed by atoms with van der Waals surface area (Å²) in [7, 11) is 3.39. The van der Waals surface area contributed by atoms with Gasteiger partial charge in [0.05, 0.1) is 18.8 Å². The first-order valence-corrected chi connectivity index (χ1v) is 6.51. The van der Waals surface area contributed by atoms with Crippen LogP contribution in [-0.4, -0.2) is 87.9 Å². The Morgan fingerprint density at radius 3 is 2.22 bits per heavy atom. The predicted octanol–water partition coefficient (Wildman–Crippen LogP) is -1.24. The Morgan fingerprint density at radius 2 is 1.72 bits per heavy atom. The van der Waals surface area contributed by atoms with Crippen molar-refractivity contribution in [3.8, 4) is 0 Å². The zero-order valence-electron chi connectivity index (χ0n) is 11.2. The number of likely N-dealkylation sites (tertiary alicyclic amines) is 1. The van der Waals surface area contributed by atoms with E-state index in [0.29, 0.717) is 6.54 Å². The maximum Gasteiger partial charge on any atom is 0.236 e. The third kappa shape index (κ3) is 3.20. The molecule has 0 spiro atoms. The lowest BCUT2D eigenvalue weighted by molar-refractivity contribution is -0.132. The molecule has 2 rings (SSSR count). The van der Waals surface area contributed by atoms with Gasteiger partial charge < -0.3 is 19.7 Å². The number of methoxy groups -OCH3 is 2. The van der Waals surface area contributed by atoms with Crippen molar-refractivity contribution in [1.29, 1.82) is 0 Å². The molecule has 2 unspecified atom stereocenters. The van der Waals surface area contributed by atoms with Crippen molar-refractivity contribution >= 4 is 5.91 Å². The SMILES string of the molecule is COC1CN(CC(=O)N2CCNCC2)CC1OC. The van der Waals surface area contributed by atoms with Gasteiger partial charge in [-0.2, -0.15) is 0 Å². The summed E-state index contributed by atoms with van der Waals surface area (Å²) in [4.78, 5) is 16.2. The van der Waals surface area contributed by atoms with Crippen LogP contribution in [0.3, 0.4) is 0 Å². The van der Waals surface area contributed by atoms with Crippen LogP contribution in [0.1, 0.15) is 0 Å². The summed E-state index contributed by atoms with van der Waals surface area (Å²) in [5, 5.41) is 3.25. The highest BCUT2D eigenvalue weighted by atomic mass is 16.5. The molecule has 1 amide bonds. The number of hydrogen-bond acceptors (Lipinski definition) is 5. The van der Waals surface area contributed by atoms with Crippen LogP contribution in [0.2, 0.25) is 0 Å². The van der Waals surface area contributed by atoms with Crippen LogP contribution < -0.4 is 5.32 Å². The van der Waals surface area contributed by atoms with Gasteiger partial charge in [0.25, 0.3) is 0 Å². The second kappa shape index (κ2) is 6.47. The Bertz CT molecular complexity index is 270. The molecule has 0 aliphatic carbocycles. The van der Waals surface area contributed by atoms with E-state index in [2.05, 4.69) is 10.2 Å². The molecule has 6 nitrogen and oxygen atoms in total. The zero-order chi connectivity index (χ0) is 13.0. The van der Waals surface area contributed by atoms with Gasteiger partial charge in [-0.15, -0.1) is 0 Å². The first kappa shape index (κ1) is 13.7. The van der Waals surface area contributed by atoms with Gasteiger partial charge in [-0.1, -0.05) is 0 Å². The smallest absolute Gasteiger partial charge is 0.236 e. The maximum absolute atomic E-state index is 12.1. The molecule has 2 heterocycles. The number of hydrogen-bond donors (Lipinski definition) is 1.